The van der Waals surface area contributed by atoms with Crippen LogP contribution in [0.1, 0.15) is 70.6 Å². The summed E-state index contributed by atoms with van der Waals surface area (Å²) < 4.78 is 19.4. The van der Waals surface area contributed by atoms with E-state index >= 15 is 0 Å². The van der Waals surface area contributed by atoms with Crippen molar-refractivity contribution < 1.29 is 18.7 Å². The third-order valence-electron chi connectivity index (χ3n) is 7.22. The average Bonchev–Trinajstić information content (AvgIpc) is 3.27. The monoisotopic (exact) mass is 426 g/mol. The first-order chi connectivity index (χ1) is 14.1. The number of alkyl halides is 1. The van der Waals surface area contributed by atoms with Gasteiger partial charge < -0.3 is 15.0 Å². The van der Waals surface area contributed by atoms with E-state index in [1.807, 2.05) is 11.8 Å². The van der Waals surface area contributed by atoms with Crippen LogP contribution in [-0.2, 0) is 14.3 Å². The summed E-state index contributed by atoms with van der Waals surface area (Å²) in [6, 6.07) is 0.493. The number of hydrogen-bond acceptors (Lipinski definition) is 4. The molecule has 164 valence electrons. The molecule has 2 aliphatic heterocycles. The summed E-state index contributed by atoms with van der Waals surface area (Å²) in [6.07, 6.45) is 8.99. The first kappa shape index (κ1) is 21.4. The van der Waals surface area contributed by atoms with Crippen molar-refractivity contribution in [1.82, 2.24) is 10.2 Å². The summed E-state index contributed by atoms with van der Waals surface area (Å²) in [5, 5.41) is 3.28. The van der Waals surface area contributed by atoms with E-state index in [9.17, 15) is 14.0 Å². The number of halogens is 1. The fourth-order valence-electron chi connectivity index (χ4n) is 5.71. The molecule has 29 heavy (non-hydrogen) atoms. The van der Waals surface area contributed by atoms with Crippen molar-refractivity contribution in [3.05, 3.63) is 0 Å². The highest BCUT2D eigenvalue weighted by molar-refractivity contribution is 8.00. The number of rotatable bonds is 5. The molecule has 1 N–H and O–H groups in total. The van der Waals surface area contributed by atoms with Crippen LogP contribution in [0, 0.1) is 5.92 Å². The number of thioether (sulfide) groups is 1. The van der Waals surface area contributed by atoms with Crippen molar-refractivity contribution in [3.63, 3.8) is 0 Å². The van der Waals surface area contributed by atoms with Crippen molar-refractivity contribution in [2.24, 2.45) is 5.92 Å². The molecule has 4 fully saturated rings. The Balaban J connectivity index is 1.24. The van der Waals surface area contributed by atoms with Gasteiger partial charge in [-0.05, 0) is 69.5 Å². The van der Waals surface area contributed by atoms with Crippen LogP contribution >= 0.6 is 11.8 Å². The van der Waals surface area contributed by atoms with Gasteiger partial charge in [0.25, 0.3) is 0 Å². The summed E-state index contributed by atoms with van der Waals surface area (Å²) in [6.45, 7) is 0.854. The molecular weight excluding hydrogens is 391 g/mol. The van der Waals surface area contributed by atoms with Crippen LogP contribution in [0.5, 0.6) is 0 Å². The molecule has 6 atom stereocenters. The molecule has 0 bridgehead atoms. The van der Waals surface area contributed by atoms with E-state index in [0.29, 0.717) is 30.7 Å². The van der Waals surface area contributed by atoms with E-state index in [1.165, 1.54) is 0 Å². The Kier molecular flexibility index (Phi) is 7.38. The molecule has 0 aromatic rings. The topological polar surface area (TPSA) is 58.6 Å². The second kappa shape index (κ2) is 9.99. The lowest BCUT2D eigenvalue weighted by molar-refractivity contribution is -0.138. The second-order valence-electron chi connectivity index (χ2n) is 9.23. The van der Waals surface area contributed by atoms with Crippen LogP contribution in [-0.4, -0.2) is 65.2 Å². The number of amides is 2. The van der Waals surface area contributed by atoms with E-state index < -0.39 is 12.3 Å². The van der Waals surface area contributed by atoms with Crippen LogP contribution in [0.3, 0.4) is 0 Å². The molecule has 0 radical (unpaired) electrons. The van der Waals surface area contributed by atoms with E-state index in [-0.39, 0.29) is 23.8 Å². The molecule has 0 aromatic carbocycles. The third kappa shape index (κ3) is 5.27. The fraction of sp³-hybridized carbons (Fsp3) is 0.909. The van der Waals surface area contributed by atoms with E-state index in [0.717, 1.165) is 70.1 Å². The standard InChI is InChI=1S/C22H35FN2O3S/c23-17-6-1-2-7-19(17)28-14-21(26)24-16-9-10-18-15(13-16)5-3-11-25(18)22(27)20-8-4-12-29-20/h15-20H,1-14H2,(H,24,26). The first-order valence-corrected chi connectivity index (χ1v) is 12.6. The van der Waals surface area contributed by atoms with Crippen LogP contribution < -0.4 is 5.32 Å². The Bertz CT molecular complexity index is 586. The van der Waals surface area contributed by atoms with Crippen molar-refractivity contribution in [1.29, 1.82) is 0 Å². The molecule has 4 aliphatic rings. The molecule has 2 heterocycles. The van der Waals surface area contributed by atoms with E-state index in [1.54, 1.807) is 0 Å². The zero-order valence-electron chi connectivity index (χ0n) is 17.3. The number of nitrogens with zero attached hydrogens (tertiary/aromatic N) is 1. The molecule has 2 aliphatic carbocycles. The quantitative estimate of drug-likeness (QED) is 0.732. The maximum Gasteiger partial charge on any atom is 0.246 e. The van der Waals surface area contributed by atoms with Gasteiger partial charge in [0.15, 0.2) is 0 Å². The number of fused-ring (bicyclic) bond motifs is 1. The molecule has 7 heteroatoms. The summed E-state index contributed by atoms with van der Waals surface area (Å²) in [5.41, 5.74) is 0. The van der Waals surface area contributed by atoms with Crippen LogP contribution in [0.2, 0.25) is 0 Å². The van der Waals surface area contributed by atoms with Gasteiger partial charge >= 0.3 is 0 Å². The van der Waals surface area contributed by atoms with Crippen molar-refractivity contribution in [2.75, 3.05) is 18.9 Å². The molecule has 2 amide bonds. The molecule has 0 aromatic heterocycles. The first-order valence-electron chi connectivity index (χ1n) is 11.6. The maximum absolute atomic E-state index is 13.9. The van der Waals surface area contributed by atoms with Gasteiger partial charge in [-0.1, -0.05) is 12.8 Å². The Morgan fingerprint density at radius 1 is 1.03 bits per heavy atom. The highest BCUT2D eigenvalue weighted by Gasteiger charge is 2.41. The zero-order chi connectivity index (χ0) is 20.2. The highest BCUT2D eigenvalue weighted by Crippen LogP contribution is 2.38. The predicted molar refractivity (Wildman–Crippen MR) is 113 cm³/mol. The number of nitrogens with one attached hydrogen (secondary N) is 1. The Morgan fingerprint density at radius 3 is 2.69 bits per heavy atom. The highest BCUT2D eigenvalue weighted by atomic mass is 32.2. The lowest BCUT2D eigenvalue weighted by Gasteiger charge is -2.47. The molecule has 2 saturated heterocycles. The van der Waals surface area contributed by atoms with Crippen molar-refractivity contribution in [3.8, 4) is 0 Å². The smallest absolute Gasteiger partial charge is 0.246 e. The minimum absolute atomic E-state index is 0.0425. The lowest BCUT2D eigenvalue weighted by Crippen LogP contribution is -2.55. The SMILES string of the molecule is O=C(COC1CCCCC1F)NC1CCC2C(CCCN2C(=O)C2CCCS2)C1. The lowest BCUT2D eigenvalue weighted by atomic mass is 9.76. The average molecular weight is 427 g/mol. The summed E-state index contributed by atoms with van der Waals surface area (Å²) in [7, 11) is 0. The van der Waals surface area contributed by atoms with Crippen molar-refractivity contribution in [2.45, 2.75) is 100 Å². The number of likely N-dealkylation sites (tertiary alicyclic amines) is 1. The van der Waals surface area contributed by atoms with Gasteiger partial charge in [0, 0.05) is 18.6 Å². The van der Waals surface area contributed by atoms with Gasteiger partial charge in [-0.15, -0.1) is 11.8 Å². The van der Waals surface area contributed by atoms with Crippen molar-refractivity contribution >= 4 is 23.6 Å². The number of ether oxygens (including phenoxy) is 1. The molecule has 2 saturated carbocycles. The molecule has 5 nitrogen and oxygen atoms in total. The molecular formula is C22H35FN2O3S. The number of piperidine rings is 1. The van der Waals surface area contributed by atoms with Gasteiger partial charge in [0.1, 0.15) is 12.8 Å². The van der Waals surface area contributed by atoms with Crippen LogP contribution in [0.4, 0.5) is 4.39 Å². The van der Waals surface area contributed by atoms with Gasteiger partial charge in [-0.25, -0.2) is 4.39 Å². The Hall–Kier alpha value is -0.820. The second-order valence-corrected chi connectivity index (χ2v) is 10.5. The van der Waals surface area contributed by atoms with Gasteiger partial charge in [-0.2, -0.15) is 0 Å². The number of carbonyl (C=O) groups is 2. The van der Waals surface area contributed by atoms with Crippen LogP contribution in [0.15, 0.2) is 0 Å². The van der Waals surface area contributed by atoms with Crippen LogP contribution in [0.25, 0.3) is 0 Å². The van der Waals surface area contributed by atoms with E-state index in [4.69, 9.17) is 4.74 Å². The largest absolute Gasteiger partial charge is 0.365 e. The van der Waals surface area contributed by atoms with Gasteiger partial charge in [0.05, 0.1) is 11.4 Å². The molecule has 6 unspecified atom stereocenters. The van der Waals surface area contributed by atoms with Gasteiger partial charge in [0.2, 0.25) is 11.8 Å². The minimum Gasteiger partial charge on any atom is -0.365 e. The molecule has 4 rings (SSSR count). The minimum atomic E-state index is -0.934. The predicted octanol–water partition coefficient (Wildman–Crippen LogP) is 3.46. The maximum atomic E-state index is 13.9. The Labute approximate surface area is 177 Å². The molecule has 0 spiro atoms. The van der Waals surface area contributed by atoms with Gasteiger partial charge in [-0.3, -0.25) is 9.59 Å². The fourth-order valence-corrected chi connectivity index (χ4v) is 6.94. The summed E-state index contributed by atoms with van der Waals surface area (Å²) in [5.74, 6) is 1.81. The Morgan fingerprint density at radius 2 is 1.90 bits per heavy atom. The number of carbonyl (C=O) groups excluding carboxylic acids is 2. The number of hydrogen-bond donors (Lipinski definition) is 1. The summed E-state index contributed by atoms with van der Waals surface area (Å²) >= 11 is 1.82. The van der Waals surface area contributed by atoms with E-state index in [2.05, 4.69) is 10.2 Å². The normalized spacial score (nSPS) is 37.8. The summed E-state index contributed by atoms with van der Waals surface area (Å²) in [4.78, 5) is 27.5. The third-order valence-corrected chi connectivity index (χ3v) is 8.58. The zero-order valence-corrected chi connectivity index (χ0v) is 18.1.